The van der Waals surface area contributed by atoms with Crippen molar-refractivity contribution in [1.29, 1.82) is 0 Å². The summed E-state index contributed by atoms with van der Waals surface area (Å²) < 4.78 is 11.2. The van der Waals surface area contributed by atoms with Crippen LogP contribution < -0.4 is 9.47 Å². The summed E-state index contributed by atoms with van der Waals surface area (Å²) in [6.45, 7) is 3.34. The Morgan fingerprint density at radius 2 is 2.15 bits per heavy atom. The van der Waals surface area contributed by atoms with Crippen molar-refractivity contribution >= 4 is 5.78 Å². The lowest BCUT2D eigenvalue weighted by Gasteiger charge is -2.33. The maximum atomic E-state index is 12.2. The van der Waals surface area contributed by atoms with Crippen LogP contribution in [0.5, 0.6) is 11.5 Å². The van der Waals surface area contributed by atoms with Gasteiger partial charge < -0.3 is 19.7 Å². The molecule has 0 aliphatic carbocycles. The highest BCUT2D eigenvalue weighted by Gasteiger charge is 2.35. The number of carbonyl (C=O) groups is 1. The fourth-order valence-corrected chi connectivity index (χ4v) is 2.42. The van der Waals surface area contributed by atoms with E-state index in [-0.39, 0.29) is 18.8 Å². The Morgan fingerprint density at radius 1 is 1.45 bits per heavy atom. The molecular weight excluding hydrogens is 260 g/mol. The predicted molar refractivity (Wildman–Crippen MR) is 73.4 cm³/mol. The molecule has 110 valence electrons. The monoisotopic (exact) mass is 280 g/mol. The molecule has 0 amide bonds. The van der Waals surface area contributed by atoms with E-state index in [0.29, 0.717) is 29.0 Å². The Labute approximate surface area is 118 Å². The quantitative estimate of drug-likeness (QED) is 0.870. The molecule has 1 aromatic rings. The van der Waals surface area contributed by atoms with E-state index in [9.17, 15) is 9.90 Å². The van der Waals surface area contributed by atoms with Gasteiger partial charge in [0.2, 0.25) is 0 Å². The Bertz CT molecular complexity index is 521. The molecule has 1 heterocycles. The van der Waals surface area contributed by atoms with Gasteiger partial charge in [0.1, 0.15) is 17.1 Å². The third-order valence-electron chi connectivity index (χ3n) is 3.35. The number of Topliss-reactive ketones (excluding diaryl/α,β-unsaturated/α-hetero) is 1. The number of methoxy groups -OCH3 is 1. The predicted octanol–water partition coefficient (Wildman–Crippen LogP) is 1.33. The molecule has 0 fully saturated rings. The van der Waals surface area contributed by atoms with Crippen molar-refractivity contribution in [3.63, 3.8) is 0 Å². The van der Waals surface area contributed by atoms with Crippen molar-refractivity contribution in [3.8, 4) is 11.5 Å². The first kappa shape index (κ1) is 14.8. The smallest absolute Gasteiger partial charge is 0.170 e. The van der Waals surface area contributed by atoms with Gasteiger partial charge in [-0.15, -0.1) is 0 Å². The van der Waals surface area contributed by atoms with Crippen LogP contribution in [0.4, 0.5) is 0 Å². The highest BCUT2D eigenvalue weighted by Crippen LogP contribution is 2.40. The van der Waals surface area contributed by atoms with Crippen molar-refractivity contribution in [2.45, 2.75) is 38.4 Å². The summed E-state index contributed by atoms with van der Waals surface area (Å²) in [4.78, 5) is 12.2. The lowest BCUT2D eigenvalue weighted by molar-refractivity contribution is 0.0592. The van der Waals surface area contributed by atoms with E-state index < -0.39 is 11.7 Å². The zero-order valence-electron chi connectivity index (χ0n) is 12.0. The summed E-state index contributed by atoms with van der Waals surface area (Å²) in [5.74, 6) is 1.01. The fourth-order valence-electron chi connectivity index (χ4n) is 2.42. The lowest BCUT2D eigenvalue weighted by Crippen LogP contribution is -2.36. The number of carbonyl (C=O) groups excluding carboxylic acids is 1. The molecule has 0 saturated heterocycles. The second kappa shape index (κ2) is 5.42. The Balaban J connectivity index is 2.53. The second-order valence-corrected chi connectivity index (χ2v) is 5.63. The van der Waals surface area contributed by atoms with E-state index in [0.717, 1.165) is 0 Å². The van der Waals surface area contributed by atoms with Crippen molar-refractivity contribution < 1.29 is 24.5 Å². The topological polar surface area (TPSA) is 76.0 Å². The molecule has 0 bridgehead atoms. The zero-order valence-corrected chi connectivity index (χ0v) is 12.0. The highest BCUT2D eigenvalue weighted by molar-refractivity contribution is 6.01. The minimum Gasteiger partial charge on any atom is -0.496 e. The largest absolute Gasteiger partial charge is 0.496 e. The molecule has 5 heteroatoms. The van der Waals surface area contributed by atoms with Gasteiger partial charge in [0.05, 0.1) is 31.8 Å². The minimum absolute atomic E-state index is 0.0126. The summed E-state index contributed by atoms with van der Waals surface area (Å²) in [7, 11) is 1.52. The van der Waals surface area contributed by atoms with Crippen LogP contribution in [0.25, 0.3) is 0 Å². The molecule has 1 aliphatic heterocycles. The lowest BCUT2D eigenvalue weighted by atomic mass is 9.90. The van der Waals surface area contributed by atoms with Crippen LogP contribution in [0, 0.1) is 0 Å². The van der Waals surface area contributed by atoms with Crippen molar-refractivity contribution in [2.24, 2.45) is 0 Å². The van der Waals surface area contributed by atoms with Crippen molar-refractivity contribution in [2.75, 3.05) is 13.7 Å². The molecule has 0 radical (unpaired) electrons. The normalized spacial score (nSPS) is 18.1. The first-order valence-corrected chi connectivity index (χ1v) is 6.59. The summed E-state index contributed by atoms with van der Waals surface area (Å²) >= 11 is 0. The summed E-state index contributed by atoms with van der Waals surface area (Å²) in [6.07, 6.45) is -0.431. The van der Waals surface area contributed by atoms with E-state index in [4.69, 9.17) is 14.6 Å². The first-order chi connectivity index (χ1) is 9.38. The zero-order chi connectivity index (χ0) is 14.9. The van der Waals surface area contributed by atoms with E-state index in [1.165, 1.54) is 7.11 Å². The van der Waals surface area contributed by atoms with Crippen LogP contribution in [0.15, 0.2) is 12.1 Å². The molecule has 2 N–H and O–H groups in total. The number of benzene rings is 1. The van der Waals surface area contributed by atoms with Crippen LogP contribution in [0.1, 0.15) is 36.2 Å². The molecule has 5 nitrogen and oxygen atoms in total. The Hall–Kier alpha value is -1.59. The van der Waals surface area contributed by atoms with Gasteiger partial charge in [-0.1, -0.05) is 0 Å². The molecule has 0 aromatic heterocycles. The Kier molecular flexibility index (Phi) is 4.01. The van der Waals surface area contributed by atoms with E-state index >= 15 is 0 Å². The number of aliphatic hydroxyl groups excluding tert-OH is 2. The number of hydrogen-bond donors (Lipinski definition) is 2. The molecule has 1 aromatic carbocycles. The van der Waals surface area contributed by atoms with E-state index in [2.05, 4.69) is 0 Å². The van der Waals surface area contributed by atoms with Crippen molar-refractivity contribution in [3.05, 3.63) is 23.3 Å². The number of aliphatic hydroxyl groups is 2. The Morgan fingerprint density at radius 3 is 2.75 bits per heavy atom. The van der Waals surface area contributed by atoms with Gasteiger partial charge in [-0.05, 0) is 26.0 Å². The van der Waals surface area contributed by atoms with Gasteiger partial charge in [0.25, 0.3) is 0 Å². The average molecular weight is 280 g/mol. The number of ether oxygens (including phenoxy) is 2. The van der Waals surface area contributed by atoms with Gasteiger partial charge in [-0.3, -0.25) is 4.79 Å². The number of hydrogen-bond acceptors (Lipinski definition) is 5. The number of rotatable bonds is 4. The third kappa shape index (κ3) is 2.78. The molecule has 20 heavy (non-hydrogen) atoms. The van der Waals surface area contributed by atoms with Crippen LogP contribution in [-0.2, 0) is 6.42 Å². The summed E-state index contributed by atoms with van der Waals surface area (Å²) in [5.41, 5.74) is 0.535. The number of fused-ring (bicyclic) bond motifs is 1. The fraction of sp³-hybridized carbons (Fsp3) is 0.533. The van der Waals surface area contributed by atoms with Gasteiger partial charge in [-0.25, -0.2) is 0 Å². The van der Waals surface area contributed by atoms with Gasteiger partial charge in [0, 0.05) is 12.0 Å². The maximum absolute atomic E-state index is 12.2. The second-order valence-electron chi connectivity index (χ2n) is 5.63. The SMILES string of the molecule is COc1ccc2c(c1CC(O)CO)OC(C)(C)CC2=O. The van der Waals surface area contributed by atoms with Gasteiger partial charge >= 0.3 is 0 Å². The van der Waals surface area contributed by atoms with Crippen LogP contribution in [0.3, 0.4) is 0 Å². The summed E-state index contributed by atoms with van der Waals surface area (Å²) in [5, 5.41) is 18.7. The van der Waals surface area contributed by atoms with Gasteiger partial charge in [-0.2, -0.15) is 0 Å². The average Bonchev–Trinajstić information content (AvgIpc) is 2.38. The highest BCUT2D eigenvalue weighted by atomic mass is 16.5. The van der Waals surface area contributed by atoms with Crippen LogP contribution >= 0.6 is 0 Å². The maximum Gasteiger partial charge on any atom is 0.170 e. The molecule has 1 aliphatic rings. The summed E-state index contributed by atoms with van der Waals surface area (Å²) in [6, 6.07) is 3.37. The van der Waals surface area contributed by atoms with Gasteiger partial charge in [0.15, 0.2) is 5.78 Å². The molecule has 2 rings (SSSR count). The molecule has 0 saturated carbocycles. The third-order valence-corrected chi connectivity index (χ3v) is 3.35. The molecule has 1 atom stereocenters. The molecule has 0 spiro atoms. The van der Waals surface area contributed by atoms with Crippen LogP contribution in [0.2, 0.25) is 0 Å². The molecular formula is C15H20O5. The van der Waals surface area contributed by atoms with E-state index in [1.807, 2.05) is 13.8 Å². The molecule has 1 unspecified atom stereocenters. The first-order valence-electron chi connectivity index (χ1n) is 6.59. The van der Waals surface area contributed by atoms with Crippen LogP contribution in [-0.4, -0.2) is 41.4 Å². The standard InChI is InChI=1S/C15H20O5/c1-15(2)7-12(18)10-4-5-13(19-3)11(14(10)20-15)6-9(17)8-16/h4-5,9,16-17H,6-8H2,1-3H3. The van der Waals surface area contributed by atoms with Crippen molar-refractivity contribution in [1.82, 2.24) is 0 Å². The minimum atomic E-state index is -0.917. The number of ketones is 1. The van der Waals surface area contributed by atoms with E-state index in [1.54, 1.807) is 12.1 Å².